The zero-order chi connectivity index (χ0) is 15.1. The summed E-state index contributed by atoms with van der Waals surface area (Å²) < 4.78 is 5.29. The normalized spacial score (nSPS) is 15.7. The Morgan fingerprint density at radius 1 is 1.24 bits per heavy atom. The number of rotatable bonds is 5. The number of carbonyl (C=O) groups is 2. The summed E-state index contributed by atoms with van der Waals surface area (Å²) in [4.78, 5) is 24.4. The molecule has 1 aromatic rings. The maximum atomic E-state index is 12.0. The predicted octanol–water partition coefficient (Wildman–Crippen LogP) is 0.863. The first-order valence-corrected chi connectivity index (χ1v) is 7.12. The van der Waals surface area contributed by atoms with Gasteiger partial charge in [-0.15, -0.1) is 0 Å². The van der Waals surface area contributed by atoms with Gasteiger partial charge in [-0.1, -0.05) is 30.3 Å². The lowest BCUT2D eigenvalue weighted by Crippen LogP contribution is -2.46. The summed E-state index contributed by atoms with van der Waals surface area (Å²) >= 11 is 0. The van der Waals surface area contributed by atoms with Crippen molar-refractivity contribution < 1.29 is 14.3 Å². The molecule has 3 N–H and O–H groups in total. The third-order valence-electron chi connectivity index (χ3n) is 3.52. The van der Waals surface area contributed by atoms with Gasteiger partial charge in [0.2, 0.25) is 5.91 Å². The minimum Gasteiger partial charge on any atom is -0.445 e. The highest BCUT2D eigenvalue weighted by Gasteiger charge is 2.23. The lowest BCUT2D eigenvalue weighted by molar-refractivity contribution is -0.117. The van der Waals surface area contributed by atoms with E-state index in [1.54, 1.807) is 4.90 Å². The van der Waals surface area contributed by atoms with Crippen molar-refractivity contribution in [3.8, 4) is 0 Å². The van der Waals surface area contributed by atoms with E-state index in [1.807, 2.05) is 30.3 Å². The fraction of sp³-hybridized carbons (Fsp3) is 0.467. The van der Waals surface area contributed by atoms with Crippen LogP contribution < -0.4 is 11.1 Å². The Kier molecular flexibility index (Phi) is 5.57. The molecule has 2 amide bonds. The molecule has 114 valence electrons. The van der Waals surface area contributed by atoms with Gasteiger partial charge in [0.25, 0.3) is 0 Å². The third-order valence-corrected chi connectivity index (χ3v) is 3.52. The molecule has 0 bridgehead atoms. The third kappa shape index (κ3) is 5.07. The van der Waals surface area contributed by atoms with Crippen molar-refractivity contribution >= 4 is 12.0 Å². The van der Waals surface area contributed by atoms with Crippen LogP contribution >= 0.6 is 0 Å². The first-order chi connectivity index (χ1) is 10.1. The summed E-state index contributed by atoms with van der Waals surface area (Å²) in [5.74, 6) is -0.361. The van der Waals surface area contributed by atoms with Crippen LogP contribution in [0.15, 0.2) is 30.3 Å². The number of nitrogens with one attached hydrogen (secondary N) is 1. The van der Waals surface area contributed by atoms with E-state index in [0.717, 1.165) is 18.4 Å². The summed E-state index contributed by atoms with van der Waals surface area (Å²) in [5, 5.41) is 3.09. The van der Waals surface area contributed by atoms with Gasteiger partial charge in [-0.3, -0.25) is 4.79 Å². The van der Waals surface area contributed by atoms with Gasteiger partial charge >= 0.3 is 6.09 Å². The molecular formula is C15H21N3O3. The molecule has 6 nitrogen and oxygen atoms in total. The SMILES string of the molecule is NC(=O)CNC1CCN(C(=O)OCc2ccccc2)CC1. The second-order valence-electron chi connectivity index (χ2n) is 5.15. The summed E-state index contributed by atoms with van der Waals surface area (Å²) in [6, 6.07) is 9.84. The van der Waals surface area contributed by atoms with Gasteiger partial charge in [0.05, 0.1) is 6.54 Å². The average molecular weight is 291 g/mol. The number of likely N-dealkylation sites (tertiary alicyclic amines) is 1. The van der Waals surface area contributed by atoms with E-state index >= 15 is 0 Å². The number of nitrogens with two attached hydrogens (primary N) is 1. The minimum absolute atomic E-state index is 0.184. The van der Waals surface area contributed by atoms with Crippen molar-refractivity contribution in [2.75, 3.05) is 19.6 Å². The first-order valence-electron chi connectivity index (χ1n) is 7.12. The Labute approximate surface area is 124 Å². The number of ether oxygens (including phenoxy) is 1. The van der Waals surface area contributed by atoms with Crippen LogP contribution in [0.2, 0.25) is 0 Å². The van der Waals surface area contributed by atoms with Crippen LogP contribution in [-0.4, -0.2) is 42.6 Å². The molecule has 6 heteroatoms. The van der Waals surface area contributed by atoms with E-state index in [1.165, 1.54) is 0 Å². The molecule has 0 unspecified atom stereocenters. The first kappa shape index (κ1) is 15.3. The number of carbonyl (C=O) groups excluding carboxylic acids is 2. The highest BCUT2D eigenvalue weighted by molar-refractivity contribution is 5.75. The van der Waals surface area contributed by atoms with Gasteiger partial charge in [-0.2, -0.15) is 0 Å². The Morgan fingerprint density at radius 3 is 2.52 bits per heavy atom. The number of piperidine rings is 1. The van der Waals surface area contributed by atoms with Crippen LogP contribution in [0.3, 0.4) is 0 Å². The molecule has 0 saturated carbocycles. The van der Waals surface area contributed by atoms with Crippen molar-refractivity contribution in [1.29, 1.82) is 0 Å². The van der Waals surface area contributed by atoms with Crippen LogP contribution in [0, 0.1) is 0 Å². The highest BCUT2D eigenvalue weighted by Crippen LogP contribution is 2.12. The van der Waals surface area contributed by atoms with Gasteiger partial charge in [-0.05, 0) is 18.4 Å². The fourth-order valence-electron chi connectivity index (χ4n) is 2.32. The molecular weight excluding hydrogens is 270 g/mol. The zero-order valence-electron chi connectivity index (χ0n) is 12.0. The largest absolute Gasteiger partial charge is 0.445 e. The van der Waals surface area contributed by atoms with Gasteiger partial charge in [-0.25, -0.2) is 4.79 Å². The van der Waals surface area contributed by atoms with Crippen molar-refractivity contribution in [3.63, 3.8) is 0 Å². The Morgan fingerprint density at radius 2 is 1.90 bits per heavy atom. The van der Waals surface area contributed by atoms with E-state index in [4.69, 9.17) is 10.5 Å². The van der Waals surface area contributed by atoms with E-state index in [9.17, 15) is 9.59 Å². The molecule has 0 atom stereocenters. The summed E-state index contributed by atoms with van der Waals surface area (Å²) in [7, 11) is 0. The van der Waals surface area contributed by atoms with Crippen molar-refractivity contribution in [2.45, 2.75) is 25.5 Å². The predicted molar refractivity (Wildman–Crippen MR) is 78.4 cm³/mol. The quantitative estimate of drug-likeness (QED) is 0.842. The Bertz CT molecular complexity index is 470. The lowest BCUT2D eigenvalue weighted by atomic mass is 10.1. The van der Waals surface area contributed by atoms with E-state index in [0.29, 0.717) is 19.7 Å². The highest BCUT2D eigenvalue weighted by atomic mass is 16.6. The number of nitrogens with zero attached hydrogens (tertiary/aromatic N) is 1. The number of amides is 2. The summed E-state index contributed by atoms with van der Waals surface area (Å²) in [5.41, 5.74) is 6.07. The van der Waals surface area contributed by atoms with Gasteiger partial charge in [0.15, 0.2) is 0 Å². The minimum atomic E-state index is -0.361. The second kappa shape index (κ2) is 7.64. The number of hydrogen-bond acceptors (Lipinski definition) is 4. The van der Waals surface area contributed by atoms with Crippen molar-refractivity contribution in [2.24, 2.45) is 5.73 Å². The molecule has 1 aliphatic rings. The zero-order valence-corrected chi connectivity index (χ0v) is 12.0. The topological polar surface area (TPSA) is 84.7 Å². The maximum Gasteiger partial charge on any atom is 0.410 e. The average Bonchev–Trinajstić information content (AvgIpc) is 2.52. The monoisotopic (exact) mass is 291 g/mol. The molecule has 0 aliphatic carbocycles. The molecule has 2 rings (SSSR count). The van der Waals surface area contributed by atoms with Crippen molar-refractivity contribution in [3.05, 3.63) is 35.9 Å². The van der Waals surface area contributed by atoms with Crippen LogP contribution in [0.4, 0.5) is 4.79 Å². The lowest BCUT2D eigenvalue weighted by Gasteiger charge is -2.31. The number of primary amides is 1. The van der Waals surface area contributed by atoms with Gasteiger partial charge < -0.3 is 20.7 Å². The molecule has 21 heavy (non-hydrogen) atoms. The van der Waals surface area contributed by atoms with Gasteiger partial charge in [0.1, 0.15) is 6.61 Å². The Balaban J connectivity index is 1.69. The molecule has 1 saturated heterocycles. The van der Waals surface area contributed by atoms with E-state index in [-0.39, 0.29) is 24.6 Å². The smallest absolute Gasteiger partial charge is 0.410 e. The molecule has 1 heterocycles. The van der Waals surface area contributed by atoms with E-state index in [2.05, 4.69) is 5.32 Å². The van der Waals surface area contributed by atoms with Crippen LogP contribution in [0.1, 0.15) is 18.4 Å². The number of benzene rings is 1. The molecule has 1 aliphatic heterocycles. The molecule has 1 fully saturated rings. The maximum absolute atomic E-state index is 12.0. The summed E-state index contributed by atoms with van der Waals surface area (Å²) in [6.45, 7) is 1.73. The molecule has 0 spiro atoms. The summed E-state index contributed by atoms with van der Waals surface area (Å²) in [6.07, 6.45) is 1.31. The molecule has 0 aromatic heterocycles. The van der Waals surface area contributed by atoms with Crippen LogP contribution in [0.25, 0.3) is 0 Å². The van der Waals surface area contributed by atoms with Crippen molar-refractivity contribution in [1.82, 2.24) is 10.2 Å². The fourth-order valence-corrected chi connectivity index (χ4v) is 2.32. The molecule has 1 aromatic carbocycles. The standard InChI is InChI=1S/C15H21N3O3/c16-14(19)10-17-13-6-8-18(9-7-13)15(20)21-11-12-4-2-1-3-5-12/h1-5,13,17H,6-11H2,(H2,16,19). The van der Waals surface area contributed by atoms with Crippen LogP contribution in [-0.2, 0) is 16.1 Å². The van der Waals surface area contributed by atoms with Gasteiger partial charge in [0, 0.05) is 19.1 Å². The van der Waals surface area contributed by atoms with E-state index < -0.39 is 0 Å². The van der Waals surface area contributed by atoms with Crippen LogP contribution in [0.5, 0.6) is 0 Å². The Hall–Kier alpha value is -2.08. The molecule has 0 radical (unpaired) electrons. The second-order valence-corrected chi connectivity index (χ2v) is 5.15. The number of hydrogen-bond donors (Lipinski definition) is 2.